The summed E-state index contributed by atoms with van der Waals surface area (Å²) in [5.41, 5.74) is 0.960. The normalized spacial score (nSPS) is 19.8. The highest BCUT2D eigenvalue weighted by atomic mass is 16.6. The SMILES string of the molecule is CN1CCN(C(=O)OCc2ccccc2)CC1C#N. The van der Waals surface area contributed by atoms with Gasteiger partial charge in [-0.1, -0.05) is 30.3 Å². The second-order valence-corrected chi connectivity index (χ2v) is 4.61. The van der Waals surface area contributed by atoms with Crippen LogP contribution in [-0.4, -0.2) is 48.6 Å². The molecule has 1 atom stereocenters. The van der Waals surface area contributed by atoms with Crippen LogP contribution in [0.2, 0.25) is 0 Å². The number of likely N-dealkylation sites (N-methyl/N-ethyl adjacent to an activating group) is 1. The molecule has 1 unspecified atom stereocenters. The zero-order chi connectivity index (χ0) is 13.7. The minimum absolute atomic E-state index is 0.252. The molecule has 2 rings (SSSR count). The maximum absolute atomic E-state index is 11.9. The van der Waals surface area contributed by atoms with E-state index in [-0.39, 0.29) is 18.7 Å². The standard InChI is InChI=1S/C14H17N3O2/c1-16-7-8-17(10-13(16)9-15)14(18)19-11-12-5-3-2-4-6-12/h2-6,13H,7-8,10-11H2,1H3. The Balaban J connectivity index is 1.85. The topological polar surface area (TPSA) is 56.6 Å². The highest BCUT2D eigenvalue weighted by Gasteiger charge is 2.27. The lowest BCUT2D eigenvalue weighted by atomic mass is 10.2. The van der Waals surface area contributed by atoms with Crippen molar-refractivity contribution in [3.05, 3.63) is 35.9 Å². The number of hydrogen-bond donors (Lipinski definition) is 0. The van der Waals surface area contributed by atoms with Crippen LogP contribution in [0, 0.1) is 11.3 Å². The fraction of sp³-hybridized carbons (Fsp3) is 0.429. The van der Waals surface area contributed by atoms with Crippen molar-refractivity contribution in [1.29, 1.82) is 5.26 Å². The second-order valence-electron chi connectivity index (χ2n) is 4.61. The molecule has 1 heterocycles. The van der Waals surface area contributed by atoms with Gasteiger partial charge in [-0.2, -0.15) is 5.26 Å². The fourth-order valence-corrected chi connectivity index (χ4v) is 1.99. The molecule has 0 aromatic heterocycles. The average Bonchev–Trinajstić information content (AvgIpc) is 2.46. The van der Waals surface area contributed by atoms with Crippen LogP contribution in [0.25, 0.3) is 0 Å². The first-order chi connectivity index (χ1) is 9.20. The molecular weight excluding hydrogens is 242 g/mol. The Morgan fingerprint density at radius 2 is 2.16 bits per heavy atom. The van der Waals surface area contributed by atoms with Crippen LogP contribution in [0.4, 0.5) is 4.79 Å². The van der Waals surface area contributed by atoms with E-state index in [1.54, 1.807) is 4.90 Å². The smallest absolute Gasteiger partial charge is 0.410 e. The lowest BCUT2D eigenvalue weighted by molar-refractivity contribution is 0.0671. The molecule has 1 aromatic carbocycles. The number of carbonyl (C=O) groups is 1. The van der Waals surface area contributed by atoms with E-state index in [1.807, 2.05) is 42.3 Å². The third-order valence-corrected chi connectivity index (χ3v) is 3.26. The first kappa shape index (κ1) is 13.4. The molecule has 1 aromatic rings. The Morgan fingerprint density at radius 1 is 1.42 bits per heavy atom. The van der Waals surface area contributed by atoms with Gasteiger partial charge in [0.25, 0.3) is 0 Å². The predicted molar refractivity (Wildman–Crippen MR) is 70.2 cm³/mol. The van der Waals surface area contributed by atoms with Gasteiger partial charge in [-0.3, -0.25) is 4.90 Å². The van der Waals surface area contributed by atoms with Crippen molar-refractivity contribution in [2.24, 2.45) is 0 Å². The summed E-state index contributed by atoms with van der Waals surface area (Å²) < 4.78 is 5.25. The van der Waals surface area contributed by atoms with Crippen LogP contribution in [0.15, 0.2) is 30.3 Å². The Hall–Kier alpha value is -2.06. The van der Waals surface area contributed by atoms with E-state index in [4.69, 9.17) is 10.00 Å². The van der Waals surface area contributed by atoms with E-state index in [1.165, 1.54) is 0 Å². The summed E-state index contributed by atoms with van der Waals surface area (Å²) in [5, 5.41) is 9.00. The summed E-state index contributed by atoms with van der Waals surface area (Å²) >= 11 is 0. The van der Waals surface area contributed by atoms with Gasteiger partial charge < -0.3 is 9.64 Å². The van der Waals surface area contributed by atoms with Gasteiger partial charge in [0, 0.05) is 13.1 Å². The van der Waals surface area contributed by atoms with Gasteiger partial charge in [0.2, 0.25) is 0 Å². The maximum atomic E-state index is 11.9. The fourth-order valence-electron chi connectivity index (χ4n) is 1.99. The summed E-state index contributed by atoms with van der Waals surface area (Å²) in [7, 11) is 1.89. The van der Waals surface area contributed by atoms with E-state index in [9.17, 15) is 4.79 Å². The highest BCUT2D eigenvalue weighted by Crippen LogP contribution is 2.09. The van der Waals surface area contributed by atoms with Crippen molar-refractivity contribution in [3.8, 4) is 6.07 Å². The van der Waals surface area contributed by atoms with E-state index < -0.39 is 0 Å². The van der Waals surface area contributed by atoms with Crippen LogP contribution >= 0.6 is 0 Å². The number of hydrogen-bond acceptors (Lipinski definition) is 4. The molecule has 0 radical (unpaired) electrons. The van der Waals surface area contributed by atoms with Gasteiger partial charge in [0.15, 0.2) is 0 Å². The number of piperazine rings is 1. The zero-order valence-electron chi connectivity index (χ0n) is 11.0. The van der Waals surface area contributed by atoms with Gasteiger partial charge in [-0.05, 0) is 12.6 Å². The summed E-state index contributed by atoms with van der Waals surface area (Å²) in [6.07, 6.45) is -0.350. The molecule has 0 saturated carbocycles. The van der Waals surface area contributed by atoms with Crippen LogP contribution in [0.1, 0.15) is 5.56 Å². The zero-order valence-corrected chi connectivity index (χ0v) is 11.0. The van der Waals surface area contributed by atoms with Crippen LogP contribution < -0.4 is 0 Å². The predicted octanol–water partition coefficient (Wildman–Crippen LogP) is 1.46. The Labute approximate surface area is 113 Å². The summed E-state index contributed by atoms with van der Waals surface area (Å²) in [6, 6.07) is 11.5. The van der Waals surface area contributed by atoms with Gasteiger partial charge in [-0.15, -0.1) is 0 Å². The molecule has 1 aliphatic heterocycles. The largest absolute Gasteiger partial charge is 0.445 e. The summed E-state index contributed by atoms with van der Waals surface area (Å²) in [4.78, 5) is 15.5. The lowest BCUT2D eigenvalue weighted by Crippen LogP contribution is -2.52. The number of ether oxygens (including phenoxy) is 1. The number of amides is 1. The third kappa shape index (κ3) is 3.46. The van der Waals surface area contributed by atoms with E-state index in [2.05, 4.69) is 6.07 Å². The molecule has 0 N–H and O–H groups in total. The third-order valence-electron chi connectivity index (χ3n) is 3.26. The minimum atomic E-state index is -0.350. The Kier molecular flexibility index (Phi) is 4.37. The van der Waals surface area contributed by atoms with Crippen LogP contribution in [0.5, 0.6) is 0 Å². The molecule has 19 heavy (non-hydrogen) atoms. The van der Waals surface area contributed by atoms with Gasteiger partial charge in [0.1, 0.15) is 12.6 Å². The van der Waals surface area contributed by atoms with Crippen LogP contribution in [0.3, 0.4) is 0 Å². The molecule has 1 saturated heterocycles. The highest BCUT2D eigenvalue weighted by molar-refractivity contribution is 5.68. The monoisotopic (exact) mass is 259 g/mol. The van der Waals surface area contributed by atoms with Crippen LogP contribution in [-0.2, 0) is 11.3 Å². The second kappa shape index (κ2) is 6.21. The van der Waals surface area contributed by atoms with Crippen molar-refractivity contribution in [1.82, 2.24) is 9.80 Å². The molecule has 1 aliphatic rings. The van der Waals surface area contributed by atoms with Crippen molar-refractivity contribution in [2.45, 2.75) is 12.6 Å². The molecule has 1 amide bonds. The number of benzene rings is 1. The first-order valence-electron chi connectivity index (χ1n) is 6.26. The molecule has 1 fully saturated rings. The van der Waals surface area contributed by atoms with Crippen molar-refractivity contribution >= 4 is 6.09 Å². The van der Waals surface area contributed by atoms with Crippen molar-refractivity contribution < 1.29 is 9.53 Å². The quantitative estimate of drug-likeness (QED) is 0.807. The van der Waals surface area contributed by atoms with Crippen molar-refractivity contribution in [3.63, 3.8) is 0 Å². The minimum Gasteiger partial charge on any atom is -0.445 e. The summed E-state index contributed by atoms with van der Waals surface area (Å²) in [6.45, 7) is 1.96. The van der Waals surface area contributed by atoms with E-state index in [0.717, 1.165) is 5.56 Å². The van der Waals surface area contributed by atoms with Crippen molar-refractivity contribution in [2.75, 3.05) is 26.7 Å². The van der Waals surface area contributed by atoms with Gasteiger partial charge in [0.05, 0.1) is 12.6 Å². The Bertz CT molecular complexity index is 469. The van der Waals surface area contributed by atoms with E-state index in [0.29, 0.717) is 19.6 Å². The van der Waals surface area contributed by atoms with Gasteiger partial charge in [-0.25, -0.2) is 4.79 Å². The number of rotatable bonds is 2. The van der Waals surface area contributed by atoms with E-state index >= 15 is 0 Å². The number of nitrogens with zero attached hydrogens (tertiary/aromatic N) is 3. The first-order valence-corrected chi connectivity index (χ1v) is 6.26. The average molecular weight is 259 g/mol. The molecule has 5 heteroatoms. The molecule has 100 valence electrons. The molecule has 0 bridgehead atoms. The lowest BCUT2D eigenvalue weighted by Gasteiger charge is -2.35. The number of carbonyl (C=O) groups excluding carboxylic acids is 1. The Morgan fingerprint density at radius 3 is 2.84 bits per heavy atom. The number of nitriles is 1. The molecule has 0 spiro atoms. The molecule has 0 aliphatic carbocycles. The van der Waals surface area contributed by atoms with Gasteiger partial charge >= 0.3 is 6.09 Å². The molecular formula is C14H17N3O2. The summed E-state index contributed by atoms with van der Waals surface area (Å²) in [5.74, 6) is 0. The maximum Gasteiger partial charge on any atom is 0.410 e. The molecule has 5 nitrogen and oxygen atoms in total.